The lowest BCUT2D eigenvalue weighted by Gasteiger charge is -2.13. The summed E-state index contributed by atoms with van der Waals surface area (Å²) in [4.78, 5) is 3.85. The van der Waals surface area contributed by atoms with Crippen molar-refractivity contribution in [3.8, 4) is 0 Å². The summed E-state index contributed by atoms with van der Waals surface area (Å²) in [6, 6.07) is 4.27. The van der Waals surface area contributed by atoms with Crippen molar-refractivity contribution in [3.05, 3.63) is 22.4 Å². The summed E-state index contributed by atoms with van der Waals surface area (Å²) in [5.41, 5.74) is 0. The van der Waals surface area contributed by atoms with Gasteiger partial charge in [0.25, 0.3) is 0 Å². The molecule has 13 heavy (non-hydrogen) atoms. The summed E-state index contributed by atoms with van der Waals surface area (Å²) in [7, 11) is 0. The highest BCUT2D eigenvalue weighted by Crippen LogP contribution is 2.19. The van der Waals surface area contributed by atoms with Gasteiger partial charge in [0.1, 0.15) is 0 Å². The third-order valence-electron chi connectivity index (χ3n) is 2.59. The Bertz CT molecular complexity index is 247. The molecule has 0 saturated carbocycles. The van der Waals surface area contributed by atoms with Crippen LogP contribution in [0.25, 0.3) is 0 Å². The van der Waals surface area contributed by atoms with Crippen LogP contribution in [0.15, 0.2) is 17.5 Å². The Morgan fingerprint density at radius 3 is 3.15 bits per heavy atom. The van der Waals surface area contributed by atoms with E-state index >= 15 is 0 Å². The summed E-state index contributed by atoms with van der Waals surface area (Å²) in [5.74, 6) is 0.514. The summed E-state index contributed by atoms with van der Waals surface area (Å²) in [6.45, 7) is 3.62. The largest absolute Gasteiger partial charge is 0.396 e. The van der Waals surface area contributed by atoms with Gasteiger partial charge in [0.2, 0.25) is 0 Å². The van der Waals surface area contributed by atoms with Crippen LogP contribution in [0.1, 0.15) is 11.3 Å². The summed E-state index contributed by atoms with van der Waals surface area (Å²) >= 11 is 1.81. The van der Waals surface area contributed by atoms with Crippen LogP contribution in [0, 0.1) is 5.92 Å². The van der Waals surface area contributed by atoms with E-state index in [2.05, 4.69) is 22.4 Å². The first-order valence-corrected chi connectivity index (χ1v) is 5.62. The number of nitrogens with zero attached hydrogens (tertiary/aromatic N) is 1. The molecule has 1 aliphatic rings. The molecule has 2 heterocycles. The molecule has 1 fully saturated rings. The molecule has 2 rings (SSSR count). The maximum atomic E-state index is 8.99. The molecule has 0 radical (unpaired) electrons. The topological polar surface area (TPSA) is 23.5 Å². The molecule has 1 aromatic rings. The van der Waals surface area contributed by atoms with Crippen LogP contribution >= 0.6 is 11.3 Å². The lowest BCUT2D eigenvalue weighted by molar-refractivity contribution is 0.220. The molecule has 2 nitrogen and oxygen atoms in total. The van der Waals surface area contributed by atoms with Crippen LogP contribution in [0.3, 0.4) is 0 Å². The van der Waals surface area contributed by atoms with E-state index in [0.717, 1.165) is 26.1 Å². The number of aliphatic hydroxyl groups excluding tert-OH is 1. The van der Waals surface area contributed by atoms with Crippen molar-refractivity contribution in [3.63, 3.8) is 0 Å². The van der Waals surface area contributed by atoms with Crippen LogP contribution in [-0.2, 0) is 6.54 Å². The Kier molecular flexibility index (Phi) is 2.98. The lowest BCUT2D eigenvalue weighted by atomic mass is 10.1. The van der Waals surface area contributed by atoms with E-state index in [-0.39, 0.29) is 0 Å². The number of hydrogen-bond acceptors (Lipinski definition) is 3. The van der Waals surface area contributed by atoms with Crippen LogP contribution in [0.2, 0.25) is 0 Å². The van der Waals surface area contributed by atoms with E-state index in [4.69, 9.17) is 5.11 Å². The molecular formula is C10H15NOS. The van der Waals surface area contributed by atoms with E-state index in [9.17, 15) is 0 Å². The molecule has 0 spiro atoms. The molecule has 3 heteroatoms. The van der Waals surface area contributed by atoms with Gasteiger partial charge in [-0.05, 0) is 30.3 Å². The zero-order chi connectivity index (χ0) is 9.10. The zero-order valence-electron chi connectivity index (χ0n) is 7.65. The van der Waals surface area contributed by atoms with Crippen molar-refractivity contribution < 1.29 is 5.11 Å². The van der Waals surface area contributed by atoms with Gasteiger partial charge in [-0.2, -0.15) is 0 Å². The fourth-order valence-corrected chi connectivity index (χ4v) is 2.57. The van der Waals surface area contributed by atoms with Crippen molar-refractivity contribution >= 4 is 11.3 Å². The van der Waals surface area contributed by atoms with Crippen molar-refractivity contribution in [2.75, 3.05) is 19.7 Å². The number of likely N-dealkylation sites (tertiary alicyclic amines) is 1. The minimum atomic E-state index is 0.348. The highest BCUT2D eigenvalue weighted by molar-refractivity contribution is 7.09. The van der Waals surface area contributed by atoms with E-state index in [1.165, 1.54) is 4.88 Å². The Labute approximate surface area is 82.8 Å². The second-order valence-corrected chi connectivity index (χ2v) is 4.68. The predicted octanol–water partition coefficient (Wildman–Crippen LogP) is 1.56. The van der Waals surface area contributed by atoms with Gasteiger partial charge in [0.05, 0.1) is 0 Å². The molecule has 1 saturated heterocycles. The van der Waals surface area contributed by atoms with Crippen LogP contribution in [0.5, 0.6) is 0 Å². The average molecular weight is 197 g/mol. The van der Waals surface area contributed by atoms with Crippen LogP contribution in [0.4, 0.5) is 0 Å². The highest BCUT2D eigenvalue weighted by Gasteiger charge is 2.21. The molecule has 1 aromatic heterocycles. The van der Waals surface area contributed by atoms with Gasteiger partial charge >= 0.3 is 0 Å². The van der Waals surface area contributed by atoms with E-state index in [0.29, 0.717) is 12.5 Å². The first-order chi connectivity index (χ1) is 6.38. The Balaban J connectivity index is 1.84. The van der Waals surface area contributed by atoms with Gasteiger partial charge in [-0.15, -0.1) is 11.3 Å². The summed E-state index contributed by atoms with van der Waals surface area (Å²) in [6.07, 6.45) is 1.15. The Hall–Kier alpha value is -0.380. The maximum absolute atomic E-state index is 8.99. The molecule has 1 aliphatic heterocycles. The first-order valence-electron chi connectivity index (χ1n) is 4.74. The quantitative estimate of drug-likeness (QED) is 0.795. The Morgan fingerprint density at radius 1 is 1.62 bits per heavy atom. The SMILES string of the molecule is OC[C@@H]1CCN(Cc2cccs2)C1. The second-order valence-electron chi connectivity index (χ2n) is 3.65. The standard InChI is InChI=1S/C10H15NOS/c12-8-9-3-4-11(6-9)7-10-2-1-5-13-10/h1-2,5,9,12H,3-4,6-8H2/t9-/m1/s1. The zero-order valence-corrected chi connectivity index (χ0v) is 8.46. The molecule has 1 atom stereocenters. The van der Waals surface area contributed by atoms with Gasteiger partial charge < -0.3 is 5.11 Å². The smallest absolute Gasteiger partial charge is 0.0471 e. The third kappa shape index (κ3) is 2.30. The molecule has 0 amide bonds. The number of rotatable bonds is 3. The molecule has 1 N–H and O–H groups in total. The minimum absolute atomic E-state index is 0.348. The molecule has 72 valence electrons. The maximum Gasteiger partial charge on any atom is 0.0471 e. The van der Waals surface area contributed by atoms with Crippen LogP contribution < -0.4 is 0 Å². The number of thiophene rings is 1. The molecule has 0 unspecified atom stereocenters. The predicted molar refractivity (Wildman–Crippen MR) is 54.8 cm³/mol. The molecule has 0 aliphatic carbocycles. The van der Waals surface area contributed by atoms with Gasteiger partial charge in [0.15, 0.2) is 0 Å². The Morgan fingerprint density at radius 2 is 2.54 bits per heavy atom. The minimum Gasteiger partial charge on any atom is -0.396 e. The van der Waals surface area contributed by atoms with Crippen molar-refractivity contribution in [1.82, 2.24) is 4.90 Å². The molecule has 0 bridgehead atoms. The van der Waals surface area contributed by atoms with Crippen molar-refractivity contribution in [2.24, 2.45) is 5.92 Å². The first kappa shape index (κ1) is 9.19. The lowest BCUT2D eigenvalue weighted by Crippen LogP contribution is -2.20. The monoisotopic (exact) mass is 197 g/mol. The number of hydrogen-bond donors (Lipinski definition) is 1. The fourth-order valence-electron chi connectivity index (χ4n) is 1.83. The van der Waals surface area contributed by atoms with Gasteiger partial charge in [-0.3, -0.25) is 4.90 Å². The normalized spacial score (nSPS) is 23.9. The highest BCUT2D eigenvalue weighted by atomic mass is 32.1. The van der Waals surface area contributed by atoms with Crippen molar-refractivity contribution in [2.45, 2.75) is 13.0 Å². The van der Waals surface area contributed by atoms with E-state index in [1.54, 1.807) is 0 Å². The van der Waals surface area contributed by atoms with Crippen molar-refractivity contribution in [1.29, 1.82) is 0 Å². The van der Waals surface area contributed by atoms with Gasteiger partial charge in [-0.25, -0.2) is 0 Å². The van der Waals surface area contributed by atoms with Gasteiger partial charge in [0, 0.05) is 24.6 Å². The van der Waals surface area contributed by atoms with E-state index < -0.39 is 0 Å². The van der Waals surface area contributed by atoms with Gasteiger partial charge in [-0.1, -0.05) is 6.07 Å². The van der Waals surface area contributed by atoms with Crippen LogP contribution in [-0.4, -0.2) is 29.7 Å². The summed E-state index contributed by atoms with van der Waals surface area (Å²) in [5, 5.41) is 11.1. The molecule has 0 aromatic carbocycles. The fraction of sp³-hybridized carbons (Fsp3) is 0.600. The molecular weight excluding hydrogens is 182 g/mol. The third-order valence-corrected chi connectivity index (χ3v) is 3.45. The number of aliphatic hydroxyl groups is 1. The second kappa shape index (κ2) is 4.22. The summed E-state index contributed by atoms with van der Waals surface area (Å²) < 4.78 is 0. The van der Waals surface area contributed by atoms with E-state index in [1.807, 2.05) is 11.3 Å². The average Bonchev–Trinajstić information content (AvgIpc) is 2.76.